The second kappa shape index (κ2) is 6.19. The van der Waals surface area contributed by atoms with Crippen molar-refractivity contribution in [2.75, 3.05) is 6.54 Å². The summed E-state index contributed by atoms with van der Waals surface area (Å²) < 4.78 is 4.99. The summed E-state index contributed by atoms with van der Waals surface area (Å²) in [5, 5.41) is 3.03. The van der Waals surface area contributed by atoms with Gasteiger partial charge in [-0.25, -0.2) is 0 Å². The Hall–Kier alpha value is -1.35. The third-order valence-corrected chi connectivity index (χ3v) is 1.81. The Kier molecular flexibility index (Phi) is 4.84. The zero-order chi connectivity index (χ0) is 11.1. The topological polar surface area (TPSA) is 38.3 Å². The van der Waals surface area contributed by atoms with Gasteiger partial charge in [0.25, 0.3) is 0 Å². The molecule has 0 fully saturated rings. The molecule has 0 heterocycles. The smallest absolute Gasteiger partial charge is 0.320 e. The normalized spacial score (nSPS) is 10.3. The average Bonchev–Trinajstić information content (AvgIpc) is 2.18. The van der Waals surface area contributed by atoms with E-state index in [9.17, 15) is 4.79 Å². The molecule has 0 saturated carbocycles. The van der Waals surface area contributed by atoms with Crippen LogP contribution in [0.25, 0.3) is 0 Å². The molecule has 1 aromatic carbocycles. The van der Waals surface area contributed by atoms with Crippen molar-refractivity contribution < 1.29 is 9.53 Å². The highest BCUT2D eigenvalue weighted by Gasteiger charge is 2.03. The number of nitrogens with one attached hydrogen (secondary N) is 1. The Morgan fingerprint density at radius 2 is 2.00 bits per heavy atom. The molecule has 0 atom stereocenters. The predicted octanol–water partition coefficient (Wildman–Crippen LogP) is 1.73. The highest BCUT2D eigenvalue weighted by atomic mass is 16.5. The molecule has 0 spiro atoms. The van der Waals surface area contributed by atoms with Gasteiger partial charge in [0.15, 0.2) is 0 Å². The van der Waals surface area contributed by atoms with Crippen LogP contribution in [0.1, 0.15) is 19.4 Å². The van der Waals surface area contributed by atoms with Gasteiger partial charge < -0.3 is 10.1 Å². The molecule has 0 saturated heterocycles. The molecule has 0 aromatic heterocycles. The minimum Gasteiger partial charge on any atom is -0.462 e. The molecule has 1 aromatic rings. The number of benzene rings is 1. The highest BCUT2D eigenvalue weighted by molar-refractivity contribution is 5.71. The van der Waals surface area contributed by atoms with Crippen LogP contribution in [0.2, 0.25) is 0 Å². The maximum Gasteiger partial charge on any atom is 0.320 e. The van der Waals surface area contributed by atoms with Crippen LogP contribution in [0.3, 0.4) is 0 Å². The van der Waals surface area contributed by atoms with Crippen molar-refractivity contribution >= 4 is 5.97 Å². The van der Waals surface area contributed by atoms with E-state index in [0.29, 0.717) is 6.54 Å². The van der Waals surface area contributed by atoms with Crippen LogP contribution in [-0.4, -0.2) is 18.6 Å². The van der Waals surface area contributed by atoms with Crippen LogP contribution in [0, 0.1) is 0 Å². The Balaban J connectivity index is 2.19. The molecule has 1 N–H and O–H groups in total. The molecule has 0 radical (unpaired) electrons. The molecule has 0 aliphatic heterocycles. The molecule has 0 unspecified atom stereocenters. The summed E-state index contributed by atoms with van der Waals surface area (Å²) in [6, 6.07) is 9.95. The maximum absolute atomic E-state index is 11.2. The Morgan fingerprint density at radius 1 is 1.33 bits per heavy atom. The van der Waals surface area contributed by atoms with Crippen molar-refractivity contribution in [3.63, 3.8) is 0 Å². The predicted molar refractivity (Wildman–Crippen MR) is 59.4 cm³/mol. The second-order valence-electron chi connectivity index (χ2n) is 3.63. The molecule has 0 aliphatic rings. The van der Waals surface area contributed by atoms with E-state index in [1.54, 1.807) is 0 Å². The van der Waals surface area contributed by atoms with E-state index in [1.807, 2.05) is 44.2 Å². The number of ether oxygens (including phenoxy) is 1. The quantitative estimate of drug-likeness (QED) is 0.747. The highest BCUT2D eigenvalue weighted by Crippen LogP contribution is 1.97. The number of carbonyl (C=O) groups is 1. The van der Waals surface area contributed by atoms with Crippen LogP contribution in [0.5, 0.6) is 0 Å². The van der Waals surface area contributed by atoms with Gasteiger partial charge in [0.2, 0.25) is 0 Å². The molecule has 15 heavy (non-hydrogen) atoms. The summed E-state index contributed by atoms with van der Waals surface area (Å²) in [5.41, 5.74) is 1.16. The van der Waals surface area contributed by atoms with Crippen molar-refractivity contribution in [1.29, 1.82) is 0 Å². The van der Waals surface area contributed by atoms with E-state index >= 15 is 0 Å². The number of carbonyl (C=O) groups excluding carboxylic acids is 1. The summed E-state index contributed by atoms with van der Waals surface area (Å²) in [7, 11) is 0. The van der Waals surface area contributed by atoms with Crippen molar-refractivity contribution in [3.8, 4) is 0 Å². The summed E-state index contributed by atoms with van der Waals surface area (Å²) in [5.74, 6) is -0.207. The van der Waals surface area contributed by atoms with Gasteiger partial charge in [0, 0.05) is 6.54 Å². The zero-order valence-electron chi connectivity index (χ0n) is 9.19. The summed E-state index contributed by atoms with van der Waals surface area (Å²) in [4.78, 5) is 11.2. The fourth-order valence-electron chi connectivity index (χ4n) is 1.21. The molecule has 82 valence electrons. The molecule has 3 heteroatoms. The Bertz CT molecular complexity index is 296. The molecule has 0 aliphatic carbocycles. The van der Waals surface area contributed by atoms with Crippen LogP contribution in [-0.2, 0) is 16.1 Å². The standard InChI is InChI=1S/C12H17NO2/c1-10(2)15-12(14)9-13-8-11-6-4-3-5-7-11/h3-7,10,13H,8-9H2,1-2H3. The second-order valence-corrected chi connectivity index (χ2v) is 3.63. The first-order valence-electron chi connectivity index (χ1n) is 5.12. The molecule has 1 rings (SSSR count). The van der Waals surface area contributed by atoms with E-state index in [1.165, 1.54) is 0 Å². The first-order chi connectivity index (χ1) is 7.18. The van der Waals surface area contributed by atoms with Crippen LogP contribution in [0.4, 0.5) is 0 Å². The lowest BCUT2D eigenvalue weighted by molar-refractivity contribution is -0.146. The SMILES string of the molecule is CC(C)OC(=O)CNCc1ccccc1. The van der Waals surface area contributed by atoms with Gasteiger partial charge in [-0.3, -0.25) is 4.79 Å². The number of rotatable bonds is 5. The lowest BCUT2D eigenvalue weighted by Gasteiger charge is -2.08. The summed E-state index contributed by atoms with van der Waals surface area (Å²) in [6.45, 7) is 4.63. The van der Waals surface area contributed by atoms with Gasteiger partial charge >= 0.3 is 5.97 Å². The van der Waals surface area contributed by atoms with E-state index < -0.39 is 0 Å². The van der Waals surface area contributed by atoms with Crippen molar-refractivity contribution in [2.24, 2.45) is 0 Å². The van der Waals surface area contributed by atoms with E-state index in [0.717, 1.165) is 5.56 Å². The zero-order valence-corrected chi connectivity index (χ0v) is 9.19. The van der Waals surface area contributed by atoms with Crippen molar-refractivity contribution in [2.45, 2.75) is 26.5 Å². The average molecular weight is 207 g/mol. The largest absolute Gasteiger partial charge is 0.462 e. The van der Waals surface area contributed by atoms with Crippen LogP contribution in [0.15, 0.2) is 30.3 Å². The van der Waals surface area contributed by atoms with E-state index in [4.69, 9.17) is 4.74 Å². The van der Waals surface area contributed by atoms with Crippen molar-refractivity contribution in [1.82, 2.24) is 5.32 Å². The third-order valence-electron chi connectivity index (χ3n) is 1.81. The van der Waals surface area contributed by atoms with Crippen molar-refractivity contribution in [3.05, 3.63) is 35.9 Å². The Labute approximate surface area is 90.4 Å². The monoisotopic (exact) mass is 207 g/mol. The first-order valence-corrected chi connectivity index (χ1v) is 5.12. The molecular weight excluding hydrogens is 190 g/mol. The van der Waals surface area contributed by atoms with Gasteiger partial charge in [-0.15, -0.1) is 0 Å². The molecule has 3 nitrogen and oxygen atoms in total. The fourth-order valence-corrected chi connectivity index (χ4v) is 1.21. The van der Waals surface area contributed by atoms with Gasteiger partial charge in [-0.2, -0.15) is 0 Å². The van der Waals surface area contributed by atoms with Gasteiger partial charge in [-0.1, -0.05) is 30.3 Å². The Morgan fingerprint density at radius 3 is 2.60 bits per heavy atom. The maximum atomic E-state index is 11.2. The van der Waals surface area contributed by atoms with E-state index in [2.05, 4.69) is 5.32 Å². The number of hydrogen-bond acceptors (Lipinski definition) is 3. The minimum absolute atomic E-state index is 0.0453. The van der Waals surface area contributed by atoms with Gasteiger partial charge in [-0.05, 0) is 19.4 Å². The third kappa shape index (κ3) is 5.18. The number of esters is 1. The summed E-state index contributed by atoms with van der Waals surface area (Å²) >= 11 is 0. The van der Waals surface area contributed by atoms with Gasteiger partial charge in [0.05, 0.1) is 12.6 Å². The van der Waals surface area contributed by atoms with Crippen LogP contribution < -0.4 is 5.32 Å². The summed E-state index contributed by atoms with van der Waals surface area (Å²) in [6.07, 6.45) is -0.0453. The molecule has 0 amide bonds. The van der Waals surface area contributed by atoms with Crippen LogP contribution >= 0.6 is 0 Å². The molecular formula is C12H17NO2. The van der Waals surface area contributed by atoms with E-state index in [-0.39, 0.29) is 18.6 Å². The lowest BCUT2D eigenvalue weighted by Crippen LogP contribution is -2.26. The number of hydrogen-bond donors (Lipinski definition) is 1. The fraction of sp³-hybridized carbons (Fsp3) is 0.417. The van der Waals surface area contributed by atoms with Gasteiger partial charge in [0.1, 0.15) is 0 Å². The first kappa shape index (κ1) is 11.7. The lowest BCUT2D eigenvalue weighted by atomic mass is 10.2. The minimum atomic E-state index is -0.207. The molecule has 0 bridgehead atoms.